The van der Waals surface area contributed by atoms with E-state index in [-0.39, 0.29) is 5.97 Å². The standard InChI is InChI=1S/C26H54O2S/c1-8-14-17-24(11-4)20-29(28-23(7)27,21-25(12-5)18-15-9-2)22-26(13-6)19-16-10-3/h24-26H,8-22H2,1-7H3. The van der Waals surface area contributed by atoms with Crippen molar-refractivity contribution in [2.45, 2.75) is 126 Å². The molecule has 0 radical (unpaired) electrons. The van der Waals surface area contributed by atoms with Crippen molar-refractivity contribution in [3.63, 3.8) is 0 Å². The van der Waals surface area contributed by atoms with Crippen LogP contribution in [0.1, 0.15) is 126 Å². The van der Waals surface area contributed by atoms with E-state index in [0.29, 0.717) is 17.8 Å². The highest BCUT2D eigenvalue weighted by Crippen LogP contribution is 2.56. The number of carbonyl (C=O) groups excluding carboxylic acids is 1. The molecule has 0 aliphatic rings. The van der Waals surface area contributed by atoms with Crippen LogP contribution >= 0.6 is 10.3 Å². The van der Waals surface area contributed by atoms with Crippen molar-refractivity contribution in [3.05, 3.63) is 0 Å². The Balaban J connectivity index is 5.73. The van der Waals surface area contributed by atoms with E-state index in [2.05, 4.69) is 41.5 Å². The lowest BCUT2D eigenvalue weighted by atomic mass is 10.0. The van der Waals surface area contributed by atoms with Crippen molar-refractivity contribution >= 4 is 16.3 Å². The molecule has 0 N–H and O–H groups in total. The van der Waals surface area contributed by atoms with E-state index in [0.717, 1.165) is 17.3 Å². The second-order valence-corrected chi connectivity index (χ2v) is 12.4. The van der Waals surface area contributed by atoms with E-state index in [1.165, 1.54) is 77.0 Å². The van der Waals surface area contributed by atoms with Crippen LogP contribution in [0.3, 0.4) is 0 Å². The van der Waals surface area contributed by atoms with E-state index in [1.54, 1.807) is 6.92 Å². The molecule has 0 rings (SSSR count). The van der Waals surface area contributed by atoms with E-state index < -0.39 is 10.3 Å². The number of rotatable bonds is 19. The second kappa shape index (κ2) is 17.5. The Hall–Kier alpha value is -0.180. The quantitative estimate of drug-likeness (QED) is 0.204. The third-order valence-corrected chi connectivity index (χ3v) is 10.4. The van der Waals surface area contributed by atoms with Crippen LogP contribution in [0, 0.1) is 17.8 Å². The van der Waals surface area contributed by atoms with Gasteiger partial charge in [-0.2, -0.15) is 0 Å². The summed E-state index contributed by atoms with van der Waals surface area (Å²) in [7, 11) is -1.37. The fourth-order valence-corrected chi connectivity index (χ4v) is 9.43. The lowest BCUT2D eigenvalue weighted by molar-refractivity contribution is -0.131. The van der Waals surface area contributed by atoms with Crippen molar-refractivity contribution in [3.8, 4) is 0 Å². The molecular formula is C26H54O2S. The first-order chi connectivity index (χ1) is 13.9. The first-order valence-corrected chi connectivity index (χ1v) is 14.9. The van der Waals surface area contributed by atoms with Crippen LogP contribution in [0.2, 0.25) is 0 Å². The Bertz CT molecular complexity index is 351. The van der Waals surface area contributed by atoms with E-state index in [9.17, 15) is 4.79 Å². The smallest absolute Gasteiger partial charge is 0.313 e. The van der Waals surface area contributed by atoms with Gasteiger partial charge in [0.1, 0.15) is 0 Å². The summed E-state index contributed by atoms with van der Waals surface area (Å²) in [6.45, 7) is 15.5. The molecule has 2 nitrogen and oxygen atoms in total. The van der Waals surface area contributed by atoms with Gasteiger partial charge in [0.2, 0.25) is 0 Å². The normalized spacial score (nSPS) is 17.9. The van der Waals surface area contributed by atoms with Crippen LogP contribution in [-0.4, -0.2) is 23.2 Å². The van der Waals surface area contributed by atoms with Gasteiger partial charge in [-0.25, -0.2) is 0 Å². The summed E-state index contributed by atoms with van der Waals surface area (Å²) in [6.07, 6.45) is 15.2. The number of hydrogen-bond acceptors (Lipinski definition) is 2. The second-order valence-electron chi connectivity index (χ2n) is 9.29. The van der Waals surface area contributed by atoms with Gasteiger partial charge in [-0.15, -0.1) is 0 Å². The third kappa shape index (κ3) is 13.0. The summed E-state index contributed by atoms with van der Waals surface area (Å²) in [5.74, 6) is 5.52. The summed E-state index contributed by atoms with van der Waals surface area (Å²) in [5.41, 5.74) is 0. The minimum Gasteiger partial charge on any atom is -0.416 e. The highest BCUT2D eigenvalue weighted by Gasteiger charge is 2.34. The van der Waals surface area contributed by atoms with Crippen molar-refractivity contribution in [1.82, 2.24) is 0 Å². The molecule has 0 aromatic rings. The molecule has 0 saturated carbocycles. The van der Waals surface area contributed by atoms with Gasteiger partial charge in [0, 0.05) is 24.2 Å². The molecule has 0 fully saturated rings. The zero-order valence-corrected chi connectivity index (χ0v) is 21.9. The van der Waals surface area contributed by atoms with Crippen LogP contribution in [0.4, 0.5) is 0 Å². The predicted molar refractivity (Wildman–Crippen MR) is 134 cm³/mol. The fraction of sp³-hybridized carbons (Fsp3) is 0.962. The molecule has 3 unspecified atom stereocenters. The van der Waals surface area contributed by atoms with Gasteiger partial charge < -0.3 is 4.18 Å². The molecule has 176 valence electrons. The number of unbranched alkanes of at least 4 members (excludes halogenated alkanes) is 3. The zero-order chi connectivity index (χ0) is 22.1. The van der Waals surface area contributed by atoms with Crippen molar-refractivity contribution < 1.29 is 8.98 Å². The predicted octanol–water partition coefficient (Wildman–Crippen LogP) is 8.92. The Morgan fingerprint density at radius 3 is 1.17 bits per heavy atom. The number of hydrogen-bond donors (Lipinski definition) is 0. The average molecular weight is 431 g/mol. The van der Waals surface area contributed by atoms with E-state index in [1.807, 2.05) is 0 Å². The van der Waals surface area contributed by atoms with Crippen molar-refractivity contribution in [1.29, 1.82) is 0 Å². The molecule has 3 heteroatoms. The SMILES string of the molecule is CCCCC(CC)CS(CC(CC)CCCC)(CC(CC)CCCC)OC(C)=O. The molecule has 0 aliphatic heterocycles. The first-order valence-electron chi connectivity index (χ1n) is 12.9. The van der Waals surface area contributed by atoms with Crippen LogP contribution in [0.15, 0.2) is 0 Å². The molecule has 0 amide bonds. The van der Waals surface area contributed by atoms with Crippen LogP contribution in [0.5, 0.6) is 0 Å². The fourth-order valence-electron chi connectivity index (χ4n) is 4.54. The molecule has 29 heavy (non-hydrogen) atoms. The maximum atomic E-state index is 12.3. The summed E-state index contributed by atoms with van der Waals surface area (Å²) in [5, 5.41) is 0. The van der Waals surface area contributed by atoms with Crippen LogP contribution < -0.4 is 0 Å². The maximum Gasteiger partial charge on any atom is 0.313 e. The summed E-state index contributed by atoms with van der Waals surface area (Å²) in [6, 6.07) is 0. The van der Waals surface area contributed by atoms with Gasteiger partial charge in [0.25, 0.3) is 0 Å². The van der Waals surface area contributed by atoms with Crippen LogP contribution in [-0.2, 0) is 8.98 Å². The summed E-state index contributed by atoms with van der Waals surface area (Å²) in [4.78, 5) is 12.3. The molecule has 0 saturated heterocycles. The molecule has 0 heterocycles. The topological polar surface area (TPSA) is 26.3 Å². The first kappa shape index (κ1) is 28.8. The molecule has 3 atom stereocenters. The highest BCUT2D eigenvalue weighted by molar-refractivity contribution is 8.30. The minimum absolute atomic E-state index is 0.0407. The Morgan fingerprint density at radius 2 is 0.966 bits per heavy atom. The largest absolute Gasteiger partial charge is 0.416 e. The monoisotopic (exact) mass is 430 g/mol. The average Bonchev–Trinajstić information content (AvgIpc) is 2.70. The van der Waals surface area contributed by atoms with Gasteiger partial charge in [0.15, 0.2) is 0 Å². The van der Waals surface area contributed by atoms with Gasteiger partial charge in [0.05, 0.1) is 0 Å². The zero-order valence-electron chi connectivity index (χ0n) is 21.1. The highest BCUT2D eigenvalue weighted by atomic mass is 32.3. The summed E-state index contributed by atoms with van der Waals surface area (Å²) >= 11 is 0. The van der Waals surface area contributed by atoms with Gasteiger partial charge in [-0.1, -0.05) is 110 Å². The molecule has 0 bridgehead atoms. The van der Waals surface area contributed by atoms with Crippen molar-refractivity contribution in [2.75, 3.05) is 17.3 Å². The van der Waals surface area contributed by atoms with Gasteiger partial charge in [-0.05, 0) is 37.0 Å². The lowest BCUT2D eigenvalue weighted by Crippen LogP contribution is -2.30. The molecule has 0 aromatic carbocycles. The van der Waals surface area contributed by atoms with Gasteiger partial charge in [-0.3, -0.25) is 4.79 Å². The molecule has 0 aromatic heterocycles. The van der Waals surface area contributed by atoms with E-state index in [4.69, 9.17) is 4.18 Å². The van der Waals surface area contributed by atoms with Gasteiger partial charge >= 0.3 is 5.97 Å². The molecular weight excluding hydrogens is 376 g/mol. The lowest BCUT2D eigenvalue weighted by Gasteiger charge is -2.45. The summed E-state index contributed by atoms with van der Waals surface area (Å²) < 4.78 is 6.42. The Kier molecular flexibility index (Phi) is 17.4. The minimum atomic E-state index is -1.37. The molecule has 0 spiro atoms. The maximum absolute atomic E-state index is 12.3. The van der Waals surface area contributed by atoms with E-state index >= 15 is 0 Å². The molecule has 0 aliphatic carbocycles. The Morgan fingerprint density at radius 1 is 0.655 bits per heavy atom. The van der Waals surface area contributed by atoms with Crippen molar-refractivity contribution in [2.24, 2.45) is 17.8 Å². The van der Waals surface area contributed by atoms with Crippen LogP contribution in [0.25, 0.3) is 0 Å². The number of carbonyl (C=O) groups is 1. The third-order valence-electron chi connectivity index (χ3n) is 6.54. The Labute approximate surface area is 185 Å².